The summed E-state index contributed by atoms with van der Waals surface area (Å²) in [6, 6.07) is 7.91. The molecule has 5 nitrogen and oxygen atoms in total. The fourth-order valence-corrected chi connectivity index (χ4v) is 4.19. The lowest BCUT2D eigenvalue weighted by atomic mass is 10.0. The molecule has 1 N–H and O–H groups in total. The van der Waals surface area contributed by atoms with Crippen LogP contribution in [0.2, 0.25) is 0 Å². The van der Waals surface area contributed by atoms with E-state index in [1.165, 1.54) is 5.56 Å². The van der Waals surface area contributed by atoms with Crippen LogP contribution in [-0.2, 0) is 14.8 Å². The third-order valence-corrected chi connectivity index (χ3v) is 6.01. The predicted octanol–water partition coefficient (Wildman–Crippen LogP) is 2.68. The smallest absolute Gasteiger partial charge is 0.214 e. The van der Waals surface area contributed by atoms with Gasteiger partial charge in [-0.3, -0.25) is 0 Å². The number of nitrogens with one attached hydrogen (secondary N) is 1. The van der Waals surface area contributed by atoms with E-state index in [-0.39, 0.29) is 17.9 Å². The van der Waals surface area contributed by atoms with Gasteiger partial charge >= 0.3 is 0 Å². The summed E-state index contributed by atoms with van der Waals surface area (Å²) in [6.07, 6.45) is 1.10. The summed E-state index contributed by atoms with van der Waals surface area (Å²) in [7, 11) is -3.30. The molecule has 2 unspecified atom stereocenters. The SMILES string of the molecule is CC1CC(S(=O)(=O)NCCOc2ccc(C(C)C)cc2)CCO1. The maximum atomic E-state index is 12.2. The van der Waals surface area contributed by atoms with Gasteiger partial charge in [0.1, 0.15) is 12.4 Å². The number of hydrogen-bond donors (Lipinski definition) is 1. The van der Waals surface area contributed by atoms with Gasteiger partial charge in [-0.25, -0.2) is 13.1 Å². The second-order valence-corrected chi connectivity index (χ2v) is 8.38. The van der Waals surface area contributed by atoms with Crippen LogP contribution in [0, 0.1) is 0 Å². The van der Waals surface area contributed by atoms with Gasteiger partial charge in [-0.15, -0.1) is 0 Å². The standard InChI is InChI=1S/C17H27NO4S/c1-13(2)15-4-6-16(7-5-15)22-11-9-18-23(19,20)17-8-10-21-14(3)12-17/h4-7,13-14,17-18H,8-12H2,1-3H3. The van der Waals surface area contributed by atoms with E-state index in [2.05, 4.69) is 18.6 Å². The molecule has 1 fully saturated rings. The van der Waals surface area contributed by atoms with Crippen molar-refractivity contribution in [3.05, 3.63) is 29.8 Å². The van der Waals surface area contributed by atoms with Crippen LogP contribution in [0.3, 0.4) is 0 Å². The first-order valence-corrected chi connectivity index (χ1v) is 9.76. The maximum absolute atomic E-state index is 12.2. The zero-order valence-electron chi connectivity index (χ0n) is 14.1. The fraction of sp³-hybridized carbons (Fsp3) is 0.647. The van der Waals surface area contributed by atoms with Gasteiger partial charge in [0.25, 0.3) is 0 Å². The normalized spacial score (nSPS) is 22.3. The van der Waals surface area contributed by atoms with E-state index in [9.17, 15) is 8.42 Å². The van der Waals surface area contributed by atoms with Crippen LogP contribution >= 0.6 is 0 Å². The Morgan fingerprint density at radius 3 is 2.61 bits per heavy atom. The highest BCUT2D eigenvalue weighted by Gasteiger charge is 2.30. The fourth-order valence-electron chi connectivity index (χ4n) is 2.66. The Kier molecular flexibility index (Phi) is 6.44. The third-order valence-electron chi connectivity index (χ3n) is 4.10. The zero-order chi connectivity index (χ0) is 16.9. The Labute approximate surface area is 139 Å². The van der Waals surface area contributed by atoms with Crippen molar-refractivity contribution < 1.29 is 17.9 Å². The van der Waals surface area contributed by atoms with Crippen LogP contribution in [0.25, 0.3) is 0 Å². The van der Waals surface area contributed by atoms with Gasteiger partial charge in [-0.1, -0.05) is 26.0 Å². The van der Waals surface area contributed by atoms with Gasteiger partial charge < -0.3 is 9.47 Å². The maximum Gasteiger partial charge on any atom is 0.214 e. The van der Waals surface area contributed by atoms with Gasteiger partial charge in [-0.2, -0.15) is 0 Å². The highest BCUT2D eigenvalue weighted by atomic mass is 32.2. The first-order chi connectivity index (χ1) is 10.9. The summed E-state index contributed by atoms with van der Waals surface area (Å²) in [5.41, 5.74) is 1.26. The molecule has 130 valence electrons. The minimum absolute atomic E-state index is 0.000969. The Morgan fingerprint density at radius 2 is 2.00 bits per heavy atom. The lowest BCUT2D eigenvalue weighted by Crippen LogP contribution is -2.41. The number of rotatable bonds is 7. The Balaban J connectivity index is 1.76. The summed E-state index contributed by atoms with van der Waals surface area (Å²) in [5.74, 6) is 1.24. The van der Waals surface area contributed by atoms with Crippen LogP contribution in [0.5, 0.6) is 5.75 Å². The Bertz CT molecular complexity index is 583. The number of hydrogen-bond acceptors (Lipinski definition) is 4. The largest absolute Gasteiger partial charge is 0.492 e. The molecule has 0 spiro atoms. The summed E-state index contributed by atoms with van der Waals surface area (Å²) in [6.45, 7) is 7.29. The van der Waals surface area contributed by atoms with Crippen molar-refractivity contribution in [1.29, 1.82) is 0 Å². The van der Waals surface area contributed by atoms with E-state index >= 15 is 0 Å². The monoisotopic (exact) mass is 341 g/mol. The molecule has 0 bridgehead atoms. The molecular weight excluding hydrogens is 314 g/mol. The summed E-state index contributed by atoms with van der Waals surface area (Å²) >= 11 is 0. The third kappa shape index (κ3) is 5.48. The average molecular weight is 341 g/mol. The van der Waals surface area contributed by atoms with Gasteiger partial charge in [-0.05, 0) is 43.4 Å². The van der Waals surface area contributed by atoms with Gasteiger partial charge in [0.05, 0.1) is 11.4 Å². The summed E-state index contributed by atoms with van der Waals surface area (Å²) in [4.78, 5) is 0. The quantitative estimate of drug-likeness (QED) is 0.775. The Morgan fingerprint density at radius 1 is 1.30 bits per heavy atom. The lowest BCUT2D eigenvalue weighted by molar-refractivity contribution is 0.0299. The molecule has 1 saturated heterocycles. The van der Waals surface area contributed by atoms with Crippen LogP contribution in [0.1, 0.15) is 45.1 Å². The topological polar surface area (TPSA) is 64.6 Å². The second-order valence-electron chi connectivity index (χ2n) is 6.34. The molecule has 6 heteroatoms. The molecule has 1 heterocycles. The van der Waals surface area contributed by atoms with Crippen molar-refractivity contribution >= 4 is 10.0 Å². The molecular formula is C17H27NO4S. The minimum atomic E-state index is -3.30. The highest BCUT2D eigenvalue weighted by molar-refractivity contribution is 7.90. The van der Waals surface area contributed by atoms with E-state index in [0.717, 1.165) is 5.75 Å². The first-order valence-electron chi connectivity index (χ1n) is 8.21. The first kappa shape index (κ1) is 18.2. The van der Waals surface area contributed by atoms with Crippen LogP contribution in [-0.4, -0.2) is 39.5 Å². The molecule has 0 aliphatic carbocycles. The summed E-state index contributed by atoms with van der Waals surface area (Å²) < 4.78 is 38.1. The molecule has 1 aliphatic rings. The molecule has 2 atom stereocenters. The molecule has 0 saturated carbocycles. The van der Waals surface area contributed by atoms with Crippen molar-refractivity contribution in [2.45, 2.75) is 50.9 Å². The van der Waals surface area contributed by atoms with Crippen molar-refractivity contribution in [3.8, 4) is 5.75 Å². The van der Waals surface area contributed by atoms with Gasteiger partial charge in [0.15, 0.2) is 0 Å². The van der Waals surface area contributed by atoms with E-state index in [1.807, 2.05) is 31.2 Å². The Hall–Kier alpha value is -1.11. The predicted molar refractivity (Wildman–Crippen MR) is 91.4 cm³/mol. The number of ether oxygens (including phenoxy) is 2. The van der Waals surface area contributed by atoms with Gasteiger partial charge in [0.2, 0.25) is 10.0 Å². The minimum Gasteiger partial charge on any atom is -0.492 e. The molecule has 1 aromatic rings. The van der Waals surface area contributed by atoms with E-state index in [4.69, 9.17) is 9.47 Å². The summed E-state index contributed by atoms with van der Waals surface area (Å²) in [5, 5.41) is -0.364. The molecule has 23 heavy (non-hydrogen) atoms. The number of benzene rings is 1. The van der Waals surface area contributed by atoms with E-state index in [0.29, 0.717) is 32.0 Å². The molecule has 0 aromatic heterocycles. The van der Waals surface area contributed by atoms with Crippen molar-refractivity contribution in [2.75, 3.05) is 19.8 Å². The zero-order valence-corrected chi connectivity index (χ0v) is 14.9. The average Bonchev–Trinajstić information content (AvgIpc) is 2.52. The van der Waals surface area contributed by atoms with Crippen molar-refractivity contribution in [2.24, 2.45) is 0 Å². The lowest BCUT2D eigenvalue weighted by Gasteiger charge is -2.27. The molecule has 1 aliphatic heterocycles. The molecule has 1 aromatic carbocycles. The van der Waals surface area contributed by atoms with Crippen LogP contribution < -0.4 is 9.46 Å². The van der Waals surface area contributed by atoms with Crippen molar-refractivity contribution in [3.63, 3.8) is 0 Å². The van der Waals surface area contributed by atoms with E-state index < -0.39 is 10.0 Å². The van der Waals surface area contributed by atoms with E-state index in [1.54, 1.807) is 0 Å². The molecule has 2 rings (SSSR count). The van der Waals surface area contributed by atoms with Crippen molar-refractivity contribution in [1.82, 2.24) is 4.72 Å². The number of sulfonamides is 1. The van der Waals surface area contributed by atoms with Crippen LogP contribution in [0.15, 0.2) is 24.3 Å². The van der Waals surface area contributed by atoms with Crippen LogP contribution in [0.4, 0.5) is 0 Å². The molecule has 0 amide bonds. The van der Waals surface area contributed by atoms with Gasteiger partial charge in [0, 0.05) is 13.2 Å². The molecule has 0 radical (unpaired) electrons. The second kappa shape index (κ2) is 8.13. The highest BCUT2D eigenvalue weighted by Crippen LogP contribution is 2.20.